The first-order valence-corrected chi connectivity index (χ1v) is 12.0. The van der Waals surface area contributed by atoms with Gasteiger partial charge in [0.2, 0.25) is 0 Å². The average molecular weight is 399 g/mol. The number of ether oxygens (including phenoxy) is 3. The van der Waals surface area contributed by atoms with E-state index in [0.717, 1.165) is 11.3 Å². The van der Waals surface area contributed by atoms with Crippen molar-refractivity contribution in [1.29, 1.82) is 0 Å². The highest BCUT2D eigenvalue weighted by Gasteiger charge is 2.36. The second-order valence-corrected chi connectivity index (χ2v) is 8.22. The summed E-state index contributed by atoms with van der Waals surface area (Å²) in [4.78, 5) is 2.42. The highest BCUT2D eigenvalue weighted by atomic mass is 32.1. The maximum absolute atomic E-state index is 5.88. The molecular weight excluding hydrogens is 356 g/mol. The molecule has 27 heavy (non-hydrogen) atoms. The van der Waals surface area contributed by atoms with E-state index in [1.807, 2.05) is 20.8 Å². The molecule has 0 fully saturated rings. The summed E-state index contributed by atoms with van der Waals surface area (Å²) in [5, 5.41) is 0. The van der Waals surface area contributed by atoms with Crippen molar-refractivity contribution in [2.75, 3.05) is 19.8 Å². The van der Waals surface area contributed by atoms with Gasteiger partial charge in [0.15, 0.2) is 0 Å². The molecule has 0 aliphatic heterocycles. The first kappa shape index (κ1) is 24.6. The van der Waals surface area contributed by atoms with Crippen LogP contribution in [0, 0.1) is 0 Å². The molecule has 0 aliphatic carbocycles. The number of thiophene rings is 1. The zero-order valence-electron chi connectivity index (χ0n) is 18.2. The molecule has 3 nitrogen and oxygen atoms in total. The highest BCUT2D eigenvalue weighted by molar-refractivity contribution is 7.12. The Balaban J connectivity index is 2.32. The summed E-state index contributed by atoms with van der Waals surface area (Å²) < 4.78 is 17.6. The Kier molecular flexibility index (Phi) is 14.1. The Morgan fingerprint density at radius 1 is 0.667 bits per heavy atom. The highest BCUT2D eigenvalue weighted by Crippen LogP contribution is 2.35. The minimum absolute atomic E-state index is 0.561. The second kappa shape index (κ2) is 15.5. The van der Waals surface area contributed by atoms with Gasteiger partial charge in [-0.1, -0.05) is 64.7 Å². The number of aryl methyl sites for hydroxylation is 1. The van der Waals surface area contributed by atoms with Gasteiger partial charge in [-0.05, 0) is 45.7 Å². The van der Waals surface area contributed by atoms with E-state index in [1.165, 1.54) is 69.1 Å². The monoisotopic (exact) mass is 398 g/mol. The van der Waals surface area contributed by atoms with Gasteiger partial charge in [0.25, 0.3) is 0 Å². The zero-order valence-corrected chi connectivity index (χ0v) is 19.0. The molecule has 0 saturated heterocycles. The molecule has 0 unspecified atom stereocenters. The van der Waals surface area contributed by atoms with E-state index in [-0.39, 0.29) is 0 Å². The molecule has 0 N–H and O–H groups in total. The van der Waals surface area contributed by atoms with Crippen molar-refractivity contribution >= 4 is 11.3 Å². The molecule has 1 aromatic heterocycles. The molecule has 1 rings (SSSR count). The van der Waals surface area contributed by atoms with Crippen LogP contribution in [0.4, 0.5) is 0 Å². The summed E-state index contributed by atoms with van der Waals surface area (Å²) in [5.41, 5.74) is 0. The van der Waals surface area contributed by atoms with E-state index in [9.17, 15) is 0 Å². The van der Waals surface area contributed by atoms with Gasteiger partial charge in [-0.25, -0.2) is 0 Å². The largest absolute Gasteiger partial charge is 0.323 e. The molecule has 0 radical (unpaired) electrons. The van der Waals surface area contributed by atoms with Crippen LogP contribution in [-0.2, 0) is 26.6 Å². The SMILES string of the molecule is CCCCCCCCCCCCc1ccc(C(OCC)(OCC)OCC)s1. The third-order valence-corrected chi connectivity index (χ3v) is 5.95. The van der Waals surface area contributed by atoms with Crippen LogP contribution in [0.25, 0.3) is 0 Å². The Morgan fingerprint density at radius 2 is 1.15 bits per heavy atom. The fraction of sp³-hybridized carbons (Fsp3) is 0.826. The summed E-state index contributed by atoms with van der Waals surface area (Å²) in [7, 11) is 0. The first-order valence-electron chi connectivity index (χ1n) is 11.2. The van der Waals surface area contributed by atoms with Crippen LogP contribution in [0.15, 0.2) is 12.1 Å². The van der Waals surface area contributed by atoms with E-state index in [1.54, 1.807) is 11.3 Å². The van der Waals surface area contributed by atoms with Crippen molar-refractivity contribution in [2.45, 2.75) is 104 Å². The average Bonchev–Trinajstić information content (AvgIpc) is 3.13. The van der Waals surface area contributed by atoms with E-state index < -0.39 is 5.97 Å². The lowest BCUT2D eigenvalue weighted by atomic mass is 10.1. The molecular formula is C23H42O3S. The first-order chi connectivity index (χ1) is 13.2. The number of rotatable bonds is 18. The normalized spacial score (nSPS) is 12.0. The number of hydrogen-bond acceptors (Lipinski definition) is 4. The Hall–Kier alpha value is -0.420. The topological polar surface area (TPSA) is 27.7 Å². The fourth-order valence-electron chi connectivity index (χ4n) is 3.37. The molecule has 0 amide bonds. The van der Waals surface area contributed by atoms with Crippen molar-refractivity contribution in [1.82, 2.24) is 0 Å². The summed E-state index contributed by atoms with van der Waals surface area (Å²) >= 11 is 1.76. The molecule has 158 valence electrons. The molecule has 0 bridgehead atoms. The molecule has 0 saturated carbocycles. The van der Waals surface area contributed by atoms with E-state index >= 15 is 0 Å². The van der Waals surface area contributed by atoms with Crippen molar-refractivity contribution in [3.8, 4) is 0 Å². The predicted octanol–water partition coefficient (Wildman–Crippen LogP) is 7.43. The maximum atomic E-state index is 5.88. The fourth-order valence-corrected chi connectivity index (χ4v) is 4.47. The van der Waals surface area contributed by atoms with Crippen molar-refractivity contribution in [3.05, 3.63) is 21.9 Å². The van der Waals surface area contributed by atoms with Crippen LogP contribution in [-0.4, -0.2) is 19.8 Å². The van der Waals surface area contributed by atoms with Gasteiger partial charge < -0.3 is 14.2 Å². The van der Waals surface area contributed by atoms with Crippen LogP contribution < -0.4 is 0 Å². The van der Waals surface area contributed by atoms with E-state index in [4.69, 9.17) is 14.2 Å². The second-order valence-electron chi connectivity index (χ2n) is 7.05. The molecule has 0 spiro atoms. The van der Waals surface area contributed by atoms with Crippen molar-refractivity contribution in [3.63, 3.8) is 0 Å². The quantitative estimate of drug-likeness (QED) is 0.190. The van der Waals surface area contributed by atoms with Crippen molar-refractivity contribution < 1.29 is 14.2 Å². The minimum atomic E-state index is -1.03. The Bertz CT molecular complexity index is 441. The third kappa shape index (κ3) is 9.56. The molecule has 0 aliphatic rings. The van der Waals surface area contributed by atoms with E-state index in [0.29, 0.717) is 19.8 Å². The Morgan fingerprint density at radius 3 is 1.63 bits per heavy atom. The smallest absolute Gasteiger partial charge is 0.321 e. The van der Waals surface area contributed by atoms with Gasteiger partial charge in [0, 0.05) is 4.88 Å². The predicted molar refractivity (Wildman–Crippen MR) is 116 cm³/mol. The standard InChI is InChI=1S/C23H42O3S/c1-5-9-10-11-12-13-14-15-16-17-18-21-19-20-22(27-21)23(24-6-2,25-7-3)26-8-4/h19-20H,5-18H2,1-4H3. The van der Waals surface area contributed by atoms with Gasteiger partial charge in [0.05, 0.1) is 24.7 Å². The lowest BCUT2D eigenvalue weighted by Crippen LogP contribution is -2.35. The lowest BCUT2D eigenvalue weighted by Gasteiger charge is -2.31. The van der Waals surface area contributed by atoms with Crippen LogP contribution >= 0.6 is 11.3 Å². The molecule has 1 aromatic rings. The molecule has 0 atom stereocenters. The summed E-state index contributed by atoms with van der Waals surface area (Å²) in [6, 6.07) is 4.32. The Labute approximate surface area is 171 Å². The summed E-state index contributed by atoms with van der Waals surface area (Å²) in [6.07, 6.45) is 14.9. The summed E-state index contributed by atoms with van der Waals surface area (Å²) in [5.74, 6) is -1.03. The van der Waals surface area contributed by atoms with Crippen molar-refractivity contribution in [2.24, 2.45) is 0 Å². The molecule has 1 heterocycles. The van der Waals surface area contributed by atoms with Crippen LogP contribution in [0.5, 0.6) is 0 Å². The summed E-state index contributed by atoms with van der Waals surface area (Å²) in [6.45, 7) is 9.89. The zero-order chi connectivity index (χ0) is 19.8. The van der Waals surface area contributed by atoms with Gasteiger partial charge in [0.1, 0.15) is 0 Å². The molecule has 4 heteroatoms. The van der Waals surface area contributed by atoms with Gasteiger partial charge in [-0.3, -0.25) is 0 Å². The third-order valence-electron chi connectivity index (χ3n) is 4.74. The van der Waals surface area contributed by atoms with Crippen LogP contribution in [0.3, 0.4) is 0 Å². The number of hydrogen-bond donors (Lipinski definition) is 0. The lowest BCUT2D eigenvalue weighted by molar-refractivity contribution is -0.387. The minimum Gasteiger partial charge on any atom is -0.323 e. The maximum Gasteiger partial charge on any atom is 0.321 e. The van der Waals surface area contributed by atoms with E-state index in [2.05, 4.69) is 19.1 Å². The van der Waals surface area contributed by atoms with Crippen LogP contribution in [0.2, 0.25) is 0 Å². The van der Waals surface area contributed by atoms with Gasteiger partial charge >= 0.3 is 5.97 Å². The number of unbranched alkanes of at least 4 members (excludes halogenated alkanes) is 9. The molecule has 0 aromatic carbocycles. The van der Waals surface area contributed by atoms with Crippen LogP contribution in [0.1, 0.15) is 102 Å². The van der Waals surface area contributed by atoms with Gasteiger partial charge in [-0.15, -0.1) is 11.3 Å². The van der Waals surface area contributed by atoms with Gasteiger partial charge in [-0.2, -0.15) is 0 Å².